The Balaban J connectivity index is 2.09. The van der Waals surface area contributed by atoms with Crippen LogP contribution in [-0.2, 0) is 0 Å². The van der Waals surface area contributed by atoms with E-state index < -0.39 is 0 Å². The number of likely N-dealkylation sites (tertiary alicyclic amines) is 1. The molecule has 2 unspecified atom stereocenters. The van der Waals surface area contributed by atoms with E-state index in [2.05, 4.69) is 17.1 Å². The van der Waals surface area contributed by atoms with E-state index in [1.807, 2.05) is 11.8 Å². The summed E-state index contributed by atoms with van der Waals surface area (Å²) in [7, 11) is 0. The number of aromatic amines is 1. The molecule has 17 heavy (non-hydrogen) atoms. The highest BCUT2D eigenvalue weighted by molar-refractivity contribution is 5.95. The molecule has 0 bridgehead atoms. The molecule has 0 aliphatic carbocycles. The molecule has 2 rings (SSSR count). The van der Waals surface area contributed by atoms with Gasteiger partial charge in [0.15, 0.2) is 0 Å². The minimum Gasteiger partial charge on any atom is -0.338 e. The number of H-pyrrole nitrogens is 1. The third kappa shape index (κ3) is 2.34. The minimum absolute atomic E-state index is 0.0709. The molecule has 0 aromatic carbocycles. The number of hydrogen-bond donors (Lipinski definition) is 2. The van der Waals surface area contributed by atoms with E-state index in [4.69, 9.17) is 5.73 Å². The van der Waals surface area contributed by atoms with Crippen LogP contribution in [0.3, 0.4) is 0 Å². The maximum absolute atomic E-state index is 12.3. The zero-order valence-electron chi connectivity index (χ0n) is 10.4. The number of piperidine rings is 1. The summed E-state index contributed by atoms with van der Waals surface area (Å²) in [6, 6.07) is 0. The van der Waals surface area contributed by atoms with Gasteiger partial charge in [0, 0.05) is 18.8 Å². The van der Waals surface area contributed by atoms with Crippen LogP contribution in [0.15, 0.2) is 6.20 Å². The Labute approximate surface area is 101 Å². The lowest BCUT2D eigenvalue weighted by Gasteiger charge is -2.36. The molecule has 1 aromatic rings. The van der Waals surface area contributed by atoms with Gasteiger partial charge in [0.05, 0.1) is 11.8 Å². The van der Waals surface area contributed by atoms with Crippen LogP contribution in [0, 0.1) is 18.8 Å². The third-order valence-electron chi connectivity index (χ3n) is 3.76. The van der Waals surface area contributed by atoms with Crippen LogP contribution in [0.25, 0.3) is 0 Å². The molecule has 1 saturated heterocycles. The van der Waals surface area contributed by atoms with Crippen LogP contribution in [0.1, 0.15) is 29.4 Å². The van der Waals surface area contributed by atoms with Crippen LogP contribution < -0.4 is 5.73 Å². The second-order valence-electron chi connectivity index (χ2n) is 4.92. The van der Waals surface area contributed by atoms with Crippen molar-refractivity contribution in [3.05, 3.63) is 17.5 Å². The van der Waals surface area contributed by atoms with Gasteiger partial charge in [-0.05, 0) is 31.7 Å². The van der Waals surface area contributed by atoms with Gasteiger partial charge >= 0.3 is 0 Å². The molecule has 2 heterocycles. The summed E-state index contributed by atoms with van der Waals surface area (Å²) in [6.07, 6.45) is 2.64. The average Bonchev–Trinajstić information content (AvgIpc) is 2.75. The molecular weight excluding hydrogens is 216 g/mol. The van der Waals surface area contributed by atoms with Gasteiger partial charge in [-0.3, -0.25) is 9.89 Å². The number of carbonyl (C=O) groups excluding carboxylic acids is 1. The predicted octanol–water partition coefficient (Wildman–Crippen LogP) is 0.775. The molecule has 3 N–H and O–H groups in total. The quantitative estimate of drug-likeness (QED) is 0.796. The molecule has 0 radical (unpaired) electrons. The normalized spacial score (nSPS) is 25.0. The van der Waals surface area contributed by atoms with Gasteiger partial charge in [0.25, 0.3) is 5.91 Å². The zero-order chi connectivity index (χ0) is 12.4. The molecule has 2 atom stereocenters. The Morgan fingerprint density at radius 3 is 3.06 bits per heavy atom. The van der Waals surface area contributed by atoms with Gasteiger partial charge in [-0.1, -0.05) is 6.92 Å². The Morgan fingerprint density at radius 1 is 1.71 bits per heavy atom. The number of nitrogens with two attached hydrogens (primary N) is 1. The first kappa shape index (κ1) is 12.1. The van der Waals surface area contributed by atoms with Crippen molar-refractivity contribution in [3.8, 4) is 0 Å². The van der Waals surface area contributed by atoms with Gasteiger partial charge in [-0.25, -0.2) is 0 Å². The third-order valence-corrected chi connectivity index (χ3v) is 3.76. The first-order valence-corrected chi connectivity index (χ1v) is 6.12. The zero-order valence-corrected chi connectivity index (χ0v) is 10.4. The van der Waals surface area contributed by atoms with Crippen LogP contribution in [-0.4, -0.2) is 40.6 Å². The van der Waals surface area contributed by atoms with Gasteiger partial charge in [0.1, 0.15) is 0 Å². The van der Waals surface area contributed by atoms with Gasteiger partial charge in [0.2, 0.25) is 0 Å². The van der Waals surface area contributed by atoms with Crippen molar-refractivity contribution in [1.82, 2.24) is 15.1 Å². The van der Waals surface area contributed by atoms with Crippen molar-refractivity contribution >= 4 is 5.91 Å². The van der Waals surface area contributed by atoms with Gasteiger partial charge in [-0.15, -0.1) is 0 Å². The van der Waals surface area contributed by atoms with E-state index in [1.165, 1.54) is 0 Å². The van der Waals surface area contributed by atoms with Crippen molar-refractivity contribution in [2.45, 2.75) is 20.3 Å². The van der Waals surface area contributed by atoms with E-state index in [0.29, 0.717) is 23.9 Å². The second kappa shape index (κ2) is 4.87. The number of nitrogens with zero attached hydrogens (tertiary/aromatic N) is 2. The van der Waals surface area contributed by atoms with Crippen molar-refractivity contribution in [3.63, 3.8) is 0 Å². The lowest BCUT2D eigenvalue weighted by molar-refractivity contribution is 0.0618. The summed E-state index contributed by atoms with van der Waals surface area (Å²) >= 11 is 0. The highest BCUT2D eigenvalue weighted by Gasteiger charge is 2.29. The number of nitrogens with one attached hydrogen (secondary N) is 1. The van der Waals surface area contributed by atoms with Crippen molar-refractivity contribution in [1.29, 1.82) is 0 Å². The molecule has 5 nitrogen and oxygen atoms in total. The van der Waals surface area contributed by atoms with Crippen molar-refractivity contribution < 1.29 is 4.79 Å². The fourth-order valence-corrected chi connectivity index (χ4v) is 2.38. The monoisotopic (exact) mass is 236 g/mol. The fraction of sp³-hybridized carbons (Fsp3) is 0.667. The topological polar surface area (TPSA) is 75.0 Å². The van der Waals surface area contributed by atoms with Gasteiger partial charge in [-0.2, -0.15) is 5.10 Å². The Bertz CT molecular complexity index is 401. The molecule has 94 valence electrons. The molecular formula is C12H20N4O. The first-order valence-electron chi connectivity index (χ1n) is 6.12. The number of amides is 1. The van der Waals surface area contributed by atoms with Crippen LogP contribution >= 0.6 is 0 Å². The Kier molecular flexibility index (Phi) is 3.47. The number of rotatable bonds is 2. The van der Waals surface area contributed by atoms with E-state index in [9.17, 15) is 4.79 Å². The Hall–Kier alpha value is -1.36. The first-order chi connectivity index (χ1) is 8.13. The van der Waals surface area contributed by atoms with Gasteiger partial charge < -0.3 is 10.6 Å². The standard InChI is InChI=1S/C12H20N4O/c1-8-3-4-16(7-10(8)5-13)12(17)11-6-14-15-9(11)2/h6,8,10H,3-5,7,13H2,1-2H3,(H,14,15). The minimum atomic E-state index is 0.0709. The summed E-state index contributed by atoms with van der Waals surface area (Å²) in [5.41, 5.74) is 7.26. The van der Waals surface area contributed by atoms with Crippen LogP contribution in [0.4, 0.5) is 0 Å². The smallest absolute Gasteiger partial charge is 0.257 e. The molecule has 1 amide bonds. The molecule has 1 aliphatic rings. The summed E-state index contributed by atoms with van der Waals surface area (Å²) < 4.78 is 0. The highest BCUT2D eigenvalue weighted by atomic mass is 16.2. The lowest BCUT2D eigenvalue weighted by Crippen LogP contribution is -2.45. The van der Waals surface area contributed by atoms with E-state index in [0.717, 1.165) is 25.2 Å². The van der Waals surface area contributed by atoms with Crippen molar-refractivity contribution in [2.75, 3.05) is 19.6 Å². The van der Waals surface area contributed by atoms with Crippen LogP contribution in [0.5, 0.6) is 0 Å². The molecule has 5 heteroatoms. The SMILES string of the molecule is Cc1[nH]ncc1C(=O)N1CCC(C)C(CN)C1. The molecule has 1 aliphatic heterocycles. The molecule has 1 aromatic heterocycles. The van der Waals surface area contributed by atoms with E-state index in [-0.39, 0.29) is 5.91 Å². The highest BCUT2D eigenvalue weighted by Crippen LogP contribution is 2.23. The predicted molar refractivity (Wildman–Crippen MR) is 65.6 cm³/mol. The average molecular weight is 236 g/mol. The second-order valence-corrected chi connectivity index (χ2v) is 4.92. The summed E-state index contributed by atoms with van der Waals surface area (Å²) in [6.45, 7) is 6.31. The van der Waals surface area contributed by atoms with Crippen molar-refractivity contribution in [2.24, 2.45) is 17.6 Å². The fourth-order valence-electron chi connectivity index (χ4n) is 2.38. The molecule has 1 fully saturated rings. The largest absolute Gasteiger partial charge is 0.338 e. The Morgan fingerprint density at radius 2 is 2.47 bits per heavy atom. The number of aromatic nitrogens is 2. The maximum atomic E-state index is 12.3. The number of aryl methyl sites for hydroxylation is 1. The summed E-state index contributed by atoms with van der Waals surface area (Å²) in [4.78, 5) is 14.2. The number of hydrogen-bond acceptors (Lipinski definition) is 3. The molecule has 0 saturated carbocycles. The van der Waals surface area contributed by atoms with Crippen LogP contribution in [0.2, 0.25) is 0 Å². The van der Waals surface area contributed by atoms with E-state index >= 15 is 0 Å². The molecule has 0 spiro atoms. The lowest BCUT2D eigenvalue weighted by atomic mass is 9.87. The summed E-state index contributed by atoms with van der Waals surface area (Å²) in [5.74, 6) is 1.09. The maximum Gasteiger partial charge on any atom is 0.257 e. The summed E-state index contributed by atoms with van der Waals surface area (Å²) in [5, 5.41) is 6.69. The van der Waals surface area contributed by atoms with E-state index in [1.54, 1.807) is 6.20 Å². The number of carbonyl (C=O) groups is 1.